The van der Waals surface area contributed by atoms with Crippen LogP contribution >= 0.6 is 11.6 Å². The summed E-state index contributed by atoms with van der Waals surface area (Å²) in [6.07, 6.45) is 1.88. The Morgan fingerprint density at radius 3 is 2.86 bits per heavy atom. The summed E-state index contributed by atoms with van der Waals surface area (Å²) in [7, 11) is 0. The second-order valence-corrected chi connectivity index (χ2v) is 3.40. The zero-order valence-electron chi connectivity index (χ0n) is 7.18. The molecule has 0 N–H and O–H groups in total. The summed E-state index contributed by atoms with van der Waals surface area (Å²) in [6, 6.07) is 10.0. The first-order valence-corrected chi connectivity index (χ1v) is 4.62. The number of hydrogen-bond acceptors (Lipinski definition) is 2. The number of halogens is 1. The van der Waals surface area contributed by atoms with E-state index in [0.29, 0.717) is 5.28 Å². The Kier molecular flexibility index (Phi) is 1.49. The van der Waals surface area contributed by atoms with Crippen molar-refractivity contribution in [1.82, 2.24) is 14.6 Å². The van der Waals surface area contributed by atoms with E-state index in [4.69, 9.17) is 11.6 Å². The van der Waals surface area contributed by atoms with E-state index in [-0.39, 0.29) is 0 Å². The highest BCUT2D eigenvalue weighted by molar-refractivity contribution is 6.28. The molecule has 0 unspecified atom stereocenters. The molecule has 0 atom stereocenters. The molecule has 3 nitrogen and oxygen atoms in total. The van der Waals surface area contributed by atoms with Crippen molar-refractivity contribution >= 4 is 28.0 Å². The van der Waals surface area contributed by atoms with Crippen molar-refractivity contribution in [1.29, 1.82) is 0 Å². The fourth-order valence-corrected chi connectivity index (χ4v) is 1.76. The van der Waals surface area contributed by atoms with Crippen LogP contribution in [0, 0.1) is 0 Å². The van der Waals surface area contributed by atoms with Gasteiger partial charge in [-0.3, -0.25) is 4.40 Å². The average Bonchev–Trinajstić information content (AvgIpc) is 2.61. The third kappa shape index (κ3) is 0.930. The van der Waals surface area contributed by atoms with Crippen molar-refractivity contribution in [3.63, 3.8) is 0 Å². The van der Waals surface area contributed by atoms with Crippen molar-refractivity contribution in [2.75, 3.05) is 0 Å². The van der Waals surface area contributed by atoms with Crippen LogP contribution < -0.4 is 0 Å². The first-order chi connectivity index (χ1) is 6.86. The molecule has 4 heteroatoms. The van der Waals surface area contributed by atoms with Crippen LogP contribution in [0.5, 0.6) is 0 Å². The average molecular weight is 204 g/mol. The van der Waals surface area contributed by atoms with Gasteiger partial charge in [-0.05, 0) is 23.1 Å². The topological polar surface area (TPSA) is 30.2 Å². The zero-order chi connectivity index (χ0) is 9.54. The van der Waals surface area contributed by atoms with Gasteiger partial charge in [0.2, 0.25) is 5.28 Å². The SMILES string of the molecule is Clc1nnc2c3ccccc3ccn12. The molecular formula is C10H6ClN3. The predicted octanol–water partition coefficient (Wildman–Crippen LogP) is 2.54. The molecule has 0 fully saturated rings. The number of rotatable bonds is 0. The summed E-state index contributed by atoms with van der Waals surface area (Å²) in [4.78, 5) is 0. The largest absolute Gasteiger partial charge is 0.273 e. The quantitative estimate of drug-likeness (QED) is 0.562. The molecule has 2 aromatic heterocycles. The van der Waals surface area contributed by atoms with Gasteiger partial charge < -0.3 is 0 Å². The van der Waals surface area contributed by atoms with E-state index >= 15 is 0 Å². The van der Waals surface area contributed by atoms with E-state index in [9.17, 15) is 0 Å². The molecule has 68 valence electrons. The lowest BCUT2D eigenvalue weighted by atomic mass is 10.2. The highest BCUT2D eigenvalue weighted by Gasteiger charge is 2.05. The maximum Gasteiger partial charge on any atom is 0.229 e. The van der Waals surface area contributed by atoms with Crippen LogP contribution in [0.3, 0.4) is 0 Å². The lowest BCUT2D eigenvalue weighted by molar-refractivity contribution is 1.10. The highest BCUT2D eigenvalue weighted by Crippen LogP contribution is 2.19. The van der Waals surface area contributed by atoms with Gasteiger partial charge in [0.05, 0.1) is 0 Å². The van der Waals surface area contributed by atoms with Crippen molar-refractivity contribution in [3.05, 3.63) is 41.8 Å². The predicted molar refractivity (Wildman–Crippen MR) is 55.5 cm³/mol. The van der Waals surface area contributed by atoms with Crippen molar-refractivity contribution in [2.45, 2.75) is 0 Å². The van der Waals surface area contributed by atoms with Gasteiger partial charge in [0.15, 0.2) is 5.65 Å². The number of hydrogen-bond donors (Lipinski definition) is 0. The molecule has 0 aliphatic heterocycles. The monoisotopic (exact) mass is 203 g/mol. The summed E-state index contributed by atoms with van der Waals surface area (Å²) in [6.45, 7) is 0. The third-order valence-electron chi connectivity index (χ3n) is 2.26. The van der Waals surface area contributed by atoms with E-state index in [0.717, 1.165) is 16.4 Å². The Bertz CT molecular complexity index is 615. The van der Waals surface area contributed by atoms with E-state index in [1.807, 2.05) is 36.5 Å². The number of aromatic nitrogens is 3. The van der Waals surface area contributed by atoms with Crippen molar-refractivity contribution in [2.24, 2.45) is 0 Å². The molecule has 0 bridgehead atoms. The lowest BCUT2D eigenvalue weighted by Gasteiger charge is -1.98. The Balaban J connectivity index is 2.61. The number of fused-ring (bicyclic) bond motifs is 3. The molecule has 3 aromatic rings. The van der Waals surface area contributed by atoms with Gasteiger partial charge in [-0.15, -0.1) is 10.2 Å². The molecular weight excluding hydrogens is 198 g/mol. The van der Waals surface area contributed by atoms with Gasteiger partial charge >= 0.3 is 0 Å². The molecule has 0 amide bonds. The fourth-order valence-electron chi connectivity index (χ4n) is 1.59. The Labute approximate surface area is 84.9 Å². The second kappa shape index (κ2) is 2.69. The van der Waals surface area contributed by atoms with E-state index in [2.05, 4.69) is 10.2 Å². The molecule has 0 spiro atoms. The van der Waals surface area contributed by atoms with Gasteiger partial charge in [-0.1, -0.05) is 24.3 Å². The Morgan fingerprint density at radius 2 is 1.93 bits per heavy atom. The minimum atomic E-state index is 0.394. The normalized spacial score (nSPS) is 11.2. The van der Waals surface area contributed by atoms with Crippen LogP contribution in [-0.2, 0) is 0 Å². The van der Waals surface area contributed by atoms with Crippen LogP contribution in [0.15, 0.2) is 36.5 Å². The van der Waals surface area contributed by atoms with Crippen LogP contribution in [0.4, 0.5) is 0 Å². The summed E-state index contributed by atoms with van der Waals surface area (Å²) < 4.78 is 1.77. The molecule has 1 aromatic carbocycles. The molecule has 0 saturated carbocycles. The molecule has 0 saturated heterocycles. The highest BCUT2D eigenvalue weighted by atomic mass is 35.5. The summed E-state index contributed by atoms with van der Waals surface area (Å²) in [5.41, 5.74) is 0.799. The molecule has 14 heavy (non-hydrogen) atoms. The van der Waals surface area contributed by atoms with Crippen molar-refractivity contribution in [3.8, 4) is 0 Å². The summed E-state index contributed by atoms with van der Waals surface area (Å²) in [5.74, 6) is 0. The summed E-state index contributed by atoms with van der Waals surface area (Å²) in [5, 5.41) is 10.5. The maximum absolute atomic E-state index is 5.86. The summed E-state index contributed by atoms with van der Waals surface area (Å²) >= 11 is 5.86. The second-order valence-electron chi connectivity index (χ2n) is 3.07. The van der Waals surface area contributed by atoms with Gasteiger partial charge in [-0.2, -0.15) is 0 Å². The molecule has 0 radical (unpaired) electrons. The minimum absolute atomic E-state index is 0.394. The zero-order valence-corrected chi connectivity index (χ0v) is 7.94. The standard InChI is InChI=1S/C10H6ClN3/c11-10-13-12-9-8-4-2-1-3-7(8)5-6-14(9)10/h1-6H. The maximum atomic E-state index is 5.86. The fraction of sp³-hybridized carbons (Fsp3) is 0. The van der Waals surface area contributed by atoms with E-state index in [1.54, 1.807) is 4.40 Å². The molecule has 2 heterocycles. The molecule has 0 aliphatic carbocycles. The number of benzene rings is 1. The Hall–Kier alpha value is -1.61. The smallest absolute Gasteiger partial charge is 0.229 e. The van der Waals surface area contributed by atoms with Gasteiger partial charge in [-0.25, -0.2) is 0 Å². The van der Waals surface area contributed by atoms with Crippen LogP contribution in [-0.4, -0.2) is 14.6 Å². The lowest BCUT2D eigenvalue weighted by Crippen LogP contribution is -1.85. The van der Waals surface area contributed by atoms with Gasteiger partial charge in [0.25, 0.3) is 0 Å². The van der Waals surface area contributed by atoms with Crippen molar-refractivity contribution < 1.29 is 0 Å². The van der Waals surface area contributed by atoms with Crippen LogP contribution in [0.2, 0.25) is 5.28 Å². The minimum Gasteiger partial charge on any atom is -0.273 e. The molecule has 0 aliphatic rings. The number of nitrogens with zero attached hydrogens (tertiary/aromatic N) is 3. The van der Waals surface area contributed by atoms with E-state index in [1.165, 1.54) is 0 Å². The number of pyridine rings is 1. The Morgan fingerprint density at radius 1 is 1.07 bits per heavy atom. The van der Waals surface area contributed by atoms with E-state index < -0.39 is 0 Å². The van der Waals surface area contributed by atoms with Crippen LogP contribution in [0.1, 0.15) is 0 Å². The van der Waals surface area contributed by atoms with Gasteiger partial charge in [0.1, 0.15) is 0 Å². The van der Waals surface area contributed by atoms with Crippen LogP contribution in [0.25, 0.3) is 16.4 Å². The van der Waals surface area contributed by atoms with Gasteiger partial charge in [0, 0.05) is 11.6 Å². The third-order valence-corrected chi connectivity index (χ3v) is 2.52. The first-order valence-electron chi connectivity index (χ1n) is 4.24. The molecule has 3 rings (SSSR count). The first kappa shape index (κ1) is 7.76.